The molecule has 0 radical (unpaired) electrons. The van der Waals surface area contributed by atoms with Gasteiger partial charge in [-0.25, -0.2) is 0 Å². The van der Waals surface area contributed by atoms with E-state index in [4.69, 9.17) is 10.3 Å². The second-order valence-electron chi connectivity index (χ2n) is 3.72. The first-order valence-corrected chi connectivity index (χ1v) is 5.95. The van der Waals surface area contributed by atoms with Crippen molar-refractivity contribution in [2.45, 2.75) is 32.6 Å². The monoisotopic (exact) mass is 229 g/mol. The third kappa shape index (κ3) is 1.85. The summed E-state index contributed by atoms with van der Waals surface area (Å²) in [6.45, 7) is 6.76. The van der Waals surface area contributed by atoms with Crippen LogP contribution in [0, 0.1) is 27.7 Å². The summed E-state index contributed by atoms with van der Waals surface area (Å²) in [6, 6.07) is 0. The minimum Gasteiger partial charge on any atom is -0.398 e. The molecular formula is C10H15NO3S. The first-order valence-electron chi connectivity index (χ1n) is 4.51. The molecule has 5 heteroatoms. The first kappa shape index (κ1) is 12.0. The Balaban J connectivity index is 3.84. The van der Waals surface area contributed by atoms with Gasteiger partial charge < -0.3 is 5.73 Å². The maximum Gasteiger partial charge on any atom is 0.295 e. The van der Waals surface area contributed by atoms with Crippen LogP contribution in [0.1, 0.15) is 22.3 Å². The van der Waals surface area contributed by atoms with Gasteiger partial charge in [-0.3, -0.25) is 4.55 Å². The van der Waals surface area contributed by atoms with Crippen LogP contribution in [-0.4, -0.2) is 13.0 Å². The Kier molecular flexibility index (Phi) is 2.80. The van der Waals surface area contributed by atoms with E-state index in [1.807, 2.05) is 0 Å². The molecular weight excluding hydrogens is 214 g/mol. The molecule has 0 fully saturated rings. The first-order chi connectivity index (χ1) is 6.68. The number of hydrogen-bond acceptors (Lipinski definition) is 3. The lowest BCUT2D eigenvalue weighted by atomic mass is 9.99. The molecule has 0 saturated heterocycles. The van der Waals surface area contributed by atoms with Gasteiger partial charge in [0.15, 0.2) is 0 Å². The third-order valence-corrected chi connectivity index (χ3v) is 4.00. The molecule has 3 N–H and O–H groups in total. The summed E-state index contributed by atoms with van der Waals surface area (Å²) in [6.07, 6.45) is 0. The van der Waals surface area contributed by atoms with Crippen LogP contribution in [0.25, 0.3) is 0 Å². The van der Waals surface area contributed by atoms with E-state index in [1.54, 1.807) is 27.7 Å². The van der Waals surface area contributed by atoms with Gasteiger partial charge in [-0.2, -0.15) is 8.42 Å². The van der Waals surface area contributed by atoms with Gasteiger partial charge in [-0.15, -0.1) is 0 Å². The number of hydrogen-bond donors (Lipinski definition) is 2. The van der Waals surface area contributed by atoms with Gasteiger partial charge in [-0.1, -0.05) is 0 Å². The zero-order chi connectivity index (χ0) is 12.0. The van der Waals surface area contributed by atoms with Crippen LogP contribution in [0.4, 0.5) is 5.69 Å². The fourth-order valence-corrected chi connectivity index (χ4v) is 2.77. The molecule has 0 atom stereocenters. The Morgan fingerprint density at radius 3 is 1.53 bits per heavy atom. The molecule has 0 bridgehead atoms. The standard InChI is InChI=1S/C10H15NO3S/c1-5-7(3)10(15(12,13)14)8(4)6(2)9(5)11/h11H2,1-4H3,(H,12,13,14). The largest absolute Gasteiger partial charge is 0.398 e. The molecule has 0 spiro atoms. The van der Waals surface area contributed by atoms with Gasteiger partial charge in [0, 0.05) is 5.69 Å². The second-order valence-corrected chi connectivity index (χ2v) is 5.08. The minimum atomic E-state index is -4.18. The Bertz CT molecular complexity index is 489. The SMILES string of the molecule is Cc1c(C)c(S(=O)(=O)O)c(C)c(C)c1N. The molecule has 1 aromatic carbocycles. The maximum absolute atomic E-state index is 11.2. The van der Waals surface area contributed by atoms with Crippen LogP contribution in [0.15, 0.2) is 4.90 Å². The summed E-state index contributed by atoms with van der Waals surface area (Å²) in [4.78, 5) is -0.0216. The molecule has 15 heavy (non-hydrogen) atoms. The van der Waals surface area contributed by atoms with Crippen LogP contribution in [0.5, 0.6) is 0 Å². The quantitative estimate of drug-likeness (QED) is 0.568. The van der Waals surface area contributed by atoms with Crippen molar-refractivity contribution in [3.8, 4) is 0 Å². The lowest BCUT2D eigenvalue weighted by molar-refractivity contribution is 0.481. The summed E-state index contributed by atoms with van der Waals surface area (Å²) in [7, 11) is -4.18. The van der Waals surface area contributed by atoms with E-state index in [0.717, 1.165) is 0 Å². The minimum absolute atomic E-state index is 0.0216. The summed E-state index contributed by atoms with van der Waals surface area (Å²) in [5.41, 5.74) is 8.82. The average molecular weight is 229 g/mol. The highest BCUT2D eigenvalue weighted by Gasteiger charge is 2.21. The summed E-state index contributed by atoms with van der Waals surface area (Å²) >= 11 is 0. The molecule has 4 nitrogen and oxygen atoms in total. The molecule has 0 saturated carbocycles. The molecule has 0 unspecified atom stereocenters. The molecule has 0 amide bonds. The lowest BCUT2D eigenvalue weighted by Crippen LogP contribution is -2.09. The number of nitrogen functional groups attached to an aromatic ring is 1. The van der Waals surface area contributed by atoms with Gasteiger partial charge in [0.2, 0.25) is 0 Å². The number of benzene rings is 1. The fraction of sp³-hybridized carbons (Fsp3) is 0.400. The topological polar surface area (TPSA) is 80.4 Å². The number of rotatable bonds is 1. The Hall–Kier alpha value is -1.07. The van der Waals surface area contributed by atoms with Crippen molar-refractivity contribution < 1.29 is 13.0 Å². The third-order valence-electron chi connectivity index (χ3n) is 2.87. The summed E-state index contributed by atoms with van der Waals surface area (Å²) < 4.78 is 31.5. The van der Waals surface area contributed by atoms with Gasteiger partial charge in [0.25, 0.3) is 10.1 Å². The molecule has 1 aromatic rings. The number of nitrogens with two attached hydrogens (primary N) is 1. The van der Waals surface area contributed by atoms with E-state index in [9.17, 15) is 8.42 Å². The smallest absolute Gasteiger partial charge is 0.295 e. The Labute approximate surface area is 89.9 Å². The predicted octanol–water partition coefficient (Wildman–Crippen LogP) is 1.75. The molecule has 0 aliphatic heterocycles. The molecule has 0 aliphatic carbocycles. The van der Waals surface area contributed by atoms with Crippen molar-refractivity contribution in [1.82, 2.24) is 0 Å². The van der Waals surface area contributed by atoms with Crippen LogP contribution in [0.2, 0.25) is 0 Å². The van der Waals surface area contributed by atoms with Crippen LogP contribution < -0.4 is 5.73 Å². The van der Waals surface area contributed by atoms with Crippen LogP contribution in [0.3, 0.4) is 0 Å². The van der Waals surface area contributed by atoms with E-state index >= 15 is 0 Å². The van der Waals surface area contributed by atoms with Crippen molar-refractivity contribution in [1.29, 1.82) is 0 Å². The van der Waals surface area contributed by atoms with Gasteiger partial charge in [-0.05, 0) is 49.9 Å². The van der Waals surface area contributed by atoms with Crippen molar-refractivity contribution >= 4 is 15.8 Å². The summed E-state index contributed by atoms with van der Waals surface area (Å²) in [5.74, 6) is 0. The van der Waals surface area contributed by atoms with E-state index in [0.29, 0.717) is 27.9 Å². The average Bonchev–Trinajstić information content (AvgIpc) is 2.09. The fourth-order valence-electron chi connectivity index (χ4n) is 1.69. The maximum atomic E-state index is 11.2. The van der Waals surface area contributed by atoms with E-state index in [1.165, 1.54) is 0 Å². The normalized spacial score (nSPS) is 11.8. The summed E-state index contributed by atoms with van der Waals surface area (Å²) in [5, 5.41) is 0. The van der Waals surface area contributed by atoms with E-state index in [-0.39, 0.29) is 4.90 Å². The highest BCUT2D eigenvalue weighted by molar-refractivity contribution is 7.86. The second kappa shape index (κ2) is 3.50. The Morgan fingerprint density at radius 2 is 1.27 bits per heavy atom. The zero-order valence-electron chi connectivity index (χ0n) is 9.25. The number of anilines is 1. The highest BCUT2D eigenvalue weighted by atomic mass is 32.2. The highest BCUT2D eigenvalue weighted by Crippen LogP contribution is 2.31. The molecule has 1 rings (SSSR count). The molecule has 0 aromatic heterocycles. The van der Waals surface area contributed by atoms with Crippen molar-refractivity contribution in [3.63, 3.8) is 0 Å². The van der Waals surface area contributed by atoms with Crippen LogP contribution in [-0.2, 0) is 10.1 Å². The van der Waals surface area contributed by atoms with E-state index in [2.05, 4.69) is 0 Å². The predicted molar refractivity (Wildman–Crippen MR) is 59.6 cm³/mol. The molecule has 0 heterocycles. The Morgan fingerprint density at radius 1 is 0.933 bits per heavy atom. The molecule has 84 valence electrons. The van der Waals surface area contributed by atoms with Gasteiger partial charge >= 0.3 is 0 Å². The van der Waals surface area contributed by atoms with Crippen molar-refractivity contribution in [2.24, 2.45) is 0 Å². The van der Waals surface area contributed by atoms with Gasteiger partial charge in [0.05, 0.1) is 0 Å². The van der Waals surface area contributed by atoms with Crippen LogP contribution >= 0.6 is 0 Å². The van der Waals surface area contributed by atoms with E-state index < -0.39 is 10.1 Å². The van der Waals surface area contributed by atoms with Crippen molar-refractivity contribution in [3.05, 3.63) is 22.3 Å². The zero-order valence-corrected chi connectivity index (χ0v) is 10.1. The lowest BCUT2D eigenvalue weighted by Gasteiger charge is -2.15. The van der Waals surface area contributed by atoms with Gasteiger partial charge in [0.1, 0.15) is 4.90 Å². The van der Waals surface area contributed by atoms with Crippen molar-refractivity contribution in [2.75, 3.05) is 5.73 Å². The molecule has 0 aliphatic rings.